The minimum absolute atomic E-state index is 0.264. The van der Waals surface area contributed by atoms with Crippen LogP contribution in [0.1, 0.15) is 5.56 Å². The molecule has 0 fully saturated rings. The normalized spacial score (nSPS) is 9.95. The Labute approximate surface area is 131 Å². The number of aryl methyl sites for hydroxylation is 1. The number of benzene rings is 2. The van der Waals surface area contributed by atoms with Crippen molar-refractivity contribution in [1.82, 2.24) is 0 Å². The van der Waals surface area contributed by atoms with E-state index in [1.54, 1.807) is 7.11 Å². The number of urea groups is 1. The van der Waals surface area contributed by atoms with E-state index in [2.05, 4.69) is 33.2 Å². The molecule has 0 aliphatic carbocycles. The maximum absolute atomic E-state index is 11.9. The van der Waals surface area contributed by atoms with Crippen LogP contribution in [-0.2, 0) is 0 Å². The Morgan fingerprint density at radius 2 is 1.80 bits per heavy atom. The standard InChI is InChI=1S/C15H15IN2O2/c1-10-9-13(20-2)7-8-14(10)18-15(19)17-12-5-3-11(16)4-6-12/h3-9H,1-2H3,(H2,17,18,19). The van der Waals surface area contributed by atoms with Crippen LogP contribution in [0.2, 0.25) is 0 Å². The lowest BCUT2D eigenvalue weighted by molar-refractivity contribution is 0.262. The Morgan fingerprint density at radius 3 is 2.40 bits per heavy atom. The zero-order chi connectivity index (χ0) is 14.5. The van der Waals surface area contributed by atoms with Gasteiger partial charge in [-0.05, 0) is 77.5 Å². The smallest absolute Gasteiger partial charge is 0.323 e. The first-order valence-corrected chi connectivity index (χ1v) is 7.14. The third-order valence-electron chi connectivity index (χ3n) is 2.78. The van der Waals surface area contributed by atoms with Crippen LogP contribution in [0.15, 0.2) is 42.5 Å². The van der Waals surface area contributed by atoms with E-state index in [0.717, 1.165) is 26.3 Å². The molecule has 0 saturated carbocycles. The van der Waals surface area contributed by atoms with Crippen molar-refractivity contribution in [3.8, 4) is 5.75 Å². The number of carbonyl (C=O) groups is 1. The van der Waals surface area contributed by atoms with Gasteiger partial charge in [-0.25, -0.2) is 4.79 Å². The van der Waals surface area contributed by atoms with Crippen molar-refractivity contribution in [2.45, 2.75) is 6.92 Å². The molecule has 2 aromatic rings. The molecule has 0 bridgehead atoms. The third-order valence-corrected chi connectivity index (χ3v) is 3.50. The van der Waals surface area contributed by atoms with Gasteiger partial charge in [-0.15, -0.1) is 0 Å². The Kier molecular flexibility index (Phi) is 4.84. The van der Waals surface area contributed by atoms with Gasteiger partial charge in [0, 0.05) is 14.9 Å². The van der Waals surface area contributed by atoms with E-state index < -0.39 is 0 Å². The second-order valence-electron chi connectivity index (χ2n) is 4.27. The Hall–Kier alpha value is -1.76. The SMILES string of the molecule is COc1ccc(NC(=O)Nc2ccc(I)cc2)c(C)c1. The van der Waals surface area contributed by atoms with Crippen molar-refractivity contribution in [3.63, 3.8) is 0 Å². The lowest BCUT2D eigenvalue weighted by atomic mass is 10.2. The highest BCUT2D eigenvalue weighted by Crippen LogP contribution is 2.21. The third kappa shape index (κ3) is 3.86. The van der Waals surface area contributed by atoms with Crippen molar-refractivity contribution < 1.29 is 9.53 Å². The van der Waals surface area contributed by atoms with E-state index in [1.165, 1.54) is 0 Å². The lowest BCUT2D eigenvalue weighted by Crippen LogP contribution is -2.19. The Bertz CT molecular complexity index is 612. The monoisotopic (exact) mass is 382 g/mol. The summed E-state index contributed by atoms with van der Waals surface area (Å²) in [5.41, 5.74) is 2.46. The largest absolute Gasteiger partial charge is 0.497 e. The van der Waals surface area contributed by atoms with E-state index in [-0.39, 0.29) is 6.03 Å². The summed E-state index contributed by atoms with van der Waals surface area (Å²) in [6.07, 6.45) is 0. The second-order valence-corrected chi connectivity index (χ2v) is 5.51. The number of anilines is 2. The van der Waals surface area contributed by atoms with Crippen molar-refractivity contribution >= 4 is 40.0 Å². The highest BCUT2D eigenvalue weighted by atomic mass is 127. The summed E-state index contributed by atoms with van der Waals surface area (Å²) in [6.45, 7) is 1.92. The summed E-state index contributed by atoms with van der Waals surface area (Å²) in [7, 11) is 1.62. The number of hydrogen-bond donors (Lipinski definition) is 2. The van der Waals surface area contributed by atoms with Crippen LogP contribution in [0, 0.1) is 10.5 Å². The molecule has 0 radical (unpaired) electrons. The van der Waals surface area contributed by atoms with Gasteiger partial charge < -0.3 is 15.4 Å². The van der Waals surface area contributed by atoms with Crippen LogP contribution in [0.25, 0.3) is 0 Å². The molecule has 0 spiro atoms. The van der Waals surface area contributed by atoms with Crippen molar-refractivity contribution in [1.29, 1.82) is 0 Å². The van der Waals surface area contributed by atoms with E-state index in [0.29, 0.717) is 0 Å². The van der Waals surface area contributed by atoms with E-state index >= 15 is 0 Å². The van der Waals surface area contributed by atoms with Gasteiger partial charge in [0.25, 0.3) is 0 Å². The van der Waals surface area contributed by atoms with Crippen LogP contribution in [0.3, 0.4) is 0 Å². The minimum atomic E-state index is -0.264. The summed E-state index contributed by atoms with van der Waals surface area (Å²) in [6, 6.07) is 12.9. The summed E-state index contributed by atoms with van der Waals surface area (Å²) < 4.78 is 6.26. The number of amides is 2. The zero-order valence-corrected chi connectivity index (χ0v) is 13.4. The topological polar surface area (TPSA) is 50.4 Å². The fourth-order valence-electron chi connectivity index (χ4n) is 1.72. The molecule has 2 rings (SSSR count). The number of halogens is 1. The number of carbonyl (C=O) groups excluding carboxylic acids is 1. The van der Waals surface area contributed by atoms with E-state index in [4.69, 9.17) is 4.74 Å². The molecule has 0 aromatic heterocycles. The number of rotatable bonds is 3. The summed E-state index contributed by atoms with van der Waals surface area (Å²) in [5.74, 6) is 0.770. The van der Waals surface area contributed by atoms with Gasteiger partial charge in [-0.2, -0.15) is 0 Å². The van der Waals surface area contributed by atoms with Crippen molar-refractivity contribution in [2.24, 2.45) is 0 Å². The van der Waals surface area contributed by atoms with Gasteiger partial charge in [-0.1, -0.05) is 0 Å². The van der Waals surface area contributed by atoms with Crippen LogP contribution < -0.4 is 15.4 Å². The number of ether oxygens (including phenoxy) is 1. The first kappa shape index (κ1) is 14.6. The fraction of sp³-hybridized carbons (Fsp3) is 0.133. The predicted octanol–water partition coefficient (Wildman–Crippen LogP) is 4.25. The molecule has 0 heterocycles. The van der Waals surface area contributed by atoms with E-state index in [9.17, 15) is 4.79 Å². The molecule has 0 atom stereocenters. The molecule has 0 saturated heterocycles. The summed E-state index contributed by atoms with van der Waals surface area (Å²) in [4.78, 5) is 11.9. The number of methoxy groups -OCH3 is 1. The maximum Gasteiger partial charge on any atom is 0.323 e. The molecule has 5 heteroatoms. The highest BCUT2D eigenvalue weighted by molar-refractivity contribution is 14.1. The average molecular weight is 382 g/mol. The molecule has 2 aromatic carbocycles. The minimum Gasteiger partial charge on any atom is -0.497 e. The first-order chi connectivity index (χ1) is 9.58. The highest BCUT2D eigenvalue weighted by Gasteiger charge is 2.05. The van der Waals surface area contributed by atoms with Crippen molar-refractivity contribution in [3.05, 3.63) is 51.6 Å². The first-order valence-electron chi connectivity index (χ1n) is 6.06. The molecular weight excluding hydrogens is 367 g/mol. The van der Waals surface area contributed by atoms with Crippen LogP contribution >= 0.6 is 22.6 Å². The summed E-state index contributed by atoms with van der Waals surface area (Å²) >= 11 is 2.22. The summed E-state index contributed by atoms with van der Waals surface area (Å²) in [5, 5.41) is 5.61. The molecular formula is C15H15IN2O2. The van der Waals surface area contributed by atoms with Gasteiger partial charge in [0.2, 0.25) is 0 Å². The molecule has 4 nitrogen and oxygen atoms in total. The van der Waals surface area contributed by atoms with E-state index in [1.807, 2.05) is 49.4 Å². The lowest BCUT2D eigenvalue weighted by Gasteiger charge is -2.11. The van der Waals surface area contributed by atoms with Gasteiger partial charge in [0.15, 0.2) is 0 Å². The molecule has 0 aliphatic rings. The molecule has 0 aliphatic heterocycles. The van der Waals surface area contributed by atoms with Crippen LogP contribution in [-0.4, -0.2) is 13.1 Å². The van der Waals surface area contributed by atoms with Gasteiger partial charge in [0.05, 0.1) is 7.11 Å². The van der Waals surface area contributed by atoms with Crippen LogP contribution in [0.4, 0.5) is 16.2 Å². The van der Waals surface area contributed by atoms with Gasteiger partial charge in [0.1, 0.15) is 5.75 Å². The Balaban J connectivity index is 2.02. The van der Waals surface area contributed by atoms with Gasteiger partial charge >= 0.3 is 6.03 Å². The molecule has 2 N–H and O–H groups in total. The molecule has 20 heavy (non-hydrogen) atoms. The van der Waals surface area contributed by atoms with Crippen LogP contribution in [0.5, 0.6) is 5.75 Å². The molecule has 104 valence electrons. The number of nitrogens with one attached hydrogen (secondary N) is 2. The average Bonchev–Trinajstić information content (AvgIpc) is 2.43. The Morgan fingerprint density at radius 1 is 1.10 bits per heavy atom. The van der Waals surface area contributed by atoms with Gasteiger partial charge in [-0.3, -0.25) is 0 Å². The maximum atomic E-state index is 11.9. The zero-order valence-electron chi connectivity index (χ0n) is 11.2. The van der Waals surface area contributed by atoms with Crippen molar-refractivity contribution in [2.75, 3.05) is 17.7 Å². The second kappa shape index (κ2) is 6.60. The molecule has 0 unspecified atom stereocenters. The fourth-order valence-corrected chi connectivity index (χ4v) is 2.08. The quantitative estimate of drug-likeness (QED) is 0.780. The molecule has 2 amide bonds. The predicted molar refractivity (Wildman–Crippen MR) is 89.5 cm³/mol. The number of hydrogen-bond acceptors (Lipinski definition) is 2.